The zero-order valence-corrected chi connectivity index (χ0v) is 12.3. The second kappa shape index (κ2) is 7.16. The van der Waals surface area contributed by atoms with Crippen molar-refractivity contribution in [3.8, 4) is 0 Å². The highest BCUT2D eigenvalue weighted by Gasteiger charge is 2.08. The lowest BCUT2D eigenvalue weighted by atomic mass is 10.2. The standard InChI is InChI=1S/C13H14N2O3S2/c16-11(7-10-4-2-6-19-10)15-13-14-9(8-20-13)3-1-5-12(17)18/h2,4,6,8H,1,3,5,7H2,(H,17,18)(H,14,15,16). The maximum Gasteiger partial charge on any atom is 0.303 e. The average molecular weight is 310 g/mol. The number of thiazole rings is 1. The summed E-state index contributed by atoms with van der Waals surface area (Å²) < 4.78 is 0. The van der Waals surface area contributed by atoms with Crippen LogP contribution in [-0.4, -0.2) is 22.0 Å². The number of rotatable bonds is 7. The number of anilines is 1. The Morgan fingerprint density at radius 1 is 1.35 bits per heavy atom. The van der Waals surface area contributed by atoms with Gasteiger partial charge in [0.1, 0.15) is 0 Å². The number of amides is 1. The van der Waals surface area contributed by atoms with Crippen molar-refractivity contribution in [3.63, 3.8) is 0 Å². The summed E-state index contributed by atoms with van der Waals surface area (Å²) >= 11 is 2.91. The van der Waals surface area contributed by atoms with Gasteiger partial charge in [0.15, 0.2) is 5.13 Å². The quantitative estimate of drug-likeness (QED) is 0.824. The van der Waals surface area contributed by atoms with Crippen molar-refractivity contribution in [1.29, 1.82) is 0 Å². The van der Waals surface area contributed by atoms with E-state index in [0.29, 0.717) is 24.4 Å². The number of aryl methyl sites for hydroxylation is 1. The minimum atomic E-state index is -0.801. The maximum atomic E-state index is 11.8. The van der Waals surface area contributed by atoms with Crippen molar-refractivity contribution in [2.24, 2.45) is 0 Å². The third kappa shape index (κ3) is 4.75. The number of aromatic nitrogens is 1. The molecule has 0 aromatic carbocycles. The third-order valence-corrected chi connectivity index (χ3v) is 4.22. The first-order valence-corrected chi connectivity index (χ1v) is 7.88. The maximum absolute atomic E-state index is 11.8. The van der Waals surface area contributed by atoms with E-state index in [1.165, 1.54) is 11.3 Å². The number of carbonyl (C=O) groups excluding carboxylic acids is 1. The van der Waals surface area contributed by atoms with Gasteiger partial charge in [-0.2, -0.15) is 0 Å². The molecule has 7 heteroatoms. The second-order valence-corrected chi connectivity index (χ2v) is 6.09. The number of hydrogen-bond donors (Lipinski definition) is 2. The van der Waals surface area contributed by atoms with Gasteiger partial charge in [-0.1, -0.05) is 6.07 Å². The van der Waals surface area contributed by atoms with Gasteiger partial charge in [0.25, 0.3) is 0 Å². The van der Waals surface area contributed by atoms with Crippen LogP contribution in [0.25, 0.3) is 0 Å². The molecule has 0 aliphatic rings. The van der Waals surface area contributed by atoms with Crippen molar-refractivity contribution in [3.05, 3.63) is 33.5 Å². The summed E-state index contributed by atoms with van der Waals surface area (Å²) in [5.41, 5.74) is 0.822. The van der Waals surface area contributed by atoms with Crippen LogP contribution in [0.15, 0.2) is 22.9 Å². The van der Waals surface area contributed by atoms with Crippen LogP contribution in [-0.2, 0) is 22.4 Å². The summed E-state index contributed by atoms with van der Waals surface area (Å²) in [4.78, 5) is 27.5. The Balaban J connectivity index is 1.80. The topological polar surface area (TPSA) is 79.3 Å². The number of nitrogens with zero attached hydrogens (tertiary/aromatic N) is 1. The fourth-order valence-corrected chi connectivity index (χ4v) is 3.10. The highest BCUT2D eigenvalue weighted by molar-refractivity contribution is 7.14. The fourth-order valence-electron chi connectivity index (χ4n) is 1.63. The summed E-state index contributed by atoms with van der Waals surface area (Å²) in [5.74, 6) is -0.886. The summed E-state index contributed by atoms with van der Waals surface area (Å²) in [6.45, 7) is 0. The van der Waals surface area contributed by atoms with Crippen LogP contribution >= 0.6 is 22.7 Å². The first kappa shape index (κ1) is 14.7. The van der Waals surface area contributed by atoms with Gasteiger partial charge in [0.2, 0.25) is 5.91 Å². The highest BCUT2D eigenvalue weighted by Crippen LogP contribution is 2.18. The van der Waals surface area contributed by atoms with Crippen molar-refractivity contribution < 1.29 is 14.7 Å². The predicted molar refractivity (Wildman–Crippen MR) is 79.3 cm³/mol. The molecule has 2 aromatic rings. The number of thiophene rings is 1. The molecule has 0 aliphatic heterocycles. The number of carboxylic acid groups (broad SMARTS) is 1. The van der Waals surface area contributed by atoms with Crippen molar-refractivity contribution >= 4 is 39.7 Å². The molecule has 0 fully saturated rings. The van der Waals surface area contributed by atoms with Crippen LogP contribution in [0.2, 0.25) is 0 Å². The SMILES string of the molecule is O=C(O)CCCc1csc(NC(=O)Cc2cccs2)n1. The number of nitrogens with one attached hydrogen (secondary N) is 1. The van der Waals surface area contributed by atoms with Crippen molar-refractivity contribution in [2.45, 2.75) is 25.7 Å². The minimum Gasteiger partial charge on any atom is -0.481 e. The monoisotopic (exact) mass is 310 g/mol. The van der Waals surface area contributed by atoms with E-state index in [2.05, 4.69) is 10.3 Å². The van der Waals surface area contributed by atoms with Gasteiger partial charge in [-0.25, -0.2) is 4.98 Å². The molecule has 106 valence electrons. The minimum absolute atomic E-state index is 0.0844. The van der Waals surface area contributed by atoms with Crippen molar-refractivity contribution in [1.82, 2.24) is 4.98 Å². The summed E-state index contributed by atoms with van der Waals surface area (Å²) in [7, 11) is 0. The summed E-state index contributed by atoms with van der Waals surface area (Å²) in [6.07, 6.45) is 1.66. The molecule has 5 nitrogen and oxygen atoms in total. The van der Waals surface area contributed by atoms with Gasteiger partial charge in [-0.05, 0) is 24.3 Å². The Morgan fingerprint density at radius 3 is 2.90 bits per heavy atom. The Hall–Kier alpha value is -1.73. The molecule has 2 heterocycles. The molecule has 2 N–H and O–H groups in total. The highest BCUT2D eigenvalue weighted by atomic mass is 32.1. The van der Waals surface area contributed by atoms with E-state index in [1.807, 2.05) is 22.9 Å². The molecule has 0 bridgehead atoms. The largest absolute Gasteiger partial charge is 0.481 e. The average Bonchev–Trinajstić information content (AvgIpc) is 3.01. The van der Waals surface area contributed by atoms with Crippen LogP contribution in [0.5, 0.6) is 0 Å². The lowest BCUT2D eigenvalue weighted by Gasteiger charge is -1.99. The van der Waals surface area contributed by atoms with Crippen LogP contribution in [0.1, 0.15) is 23.4 Å². The molecule has 2 aromatic heterocycles. The number of carbonyl (C=O) groups is 2. The van der Waals surface area contributed by atoms with Crippen molar-refractivity contribution in [2.75, 3.05) is 5.32 Å². The van der Waals surface area contributed by atoms with E-state index >= 15 is 0 Å². The molecule has 20 heavy (non-hydrogen) atoms. The van der Waals surface area contributed by atoms with Crippen LogP contribution in [0.3, 0.4) is 0 Å². The Labute approximate surface area is 124 Å². The number of hydrogen-bond acceptors (Lipinski definition) is 5. The molecule has 0 saturated heterocycles. The van der Waals surface area contributed by atoms with Gasteiger partial charge in [0, 0.05) is 16.7 Å². The van der Waals surface area contributed by atoms with E-state index in [9.17, 15) is 9.59 Å². The smallest absolute Gasteiger partial charge is 0.303 e. The van der Waals surface area contributed by atoms with Gasteiger partial charge in [-0.15, -0.1) is 22.7 Å². The van der Waals surface area contributed by atoms with E-state index < -0.39 is 5.97 Å². The van der Waals surface area contributed by atoms with E-state index in [-0.39, 0.29) is 12.3 Å². The van der Waals surface area contributed by atoms with Gasteiger partial charge in [0.05, 0.1) is 12.1 Å². The fraction of sp³-hybridized carbons (Fsp3) is 0.308. The second-order valence-electron chi connectivity index (χ2n) is 4.20. The van der Waals surface area contributed by atoms with Gasteiger partial charge in [-0.3, -0.25) is 9.59 Å². The lowest BCUT2D eigenvalue weighted by Crippen LogP contribution is -2.13. The van der Waals surface area contributed by atoms with Gasteiger partial charge >= 0.3 is 5.97 Å². The van der Waals surface area contributed by atoms with Crippen LogP contribution < -0.4 is 5.32 Å². The number of aliphatic carboxylic acids is 1. The Morgan fingerprint density at radius 2 is 2.20 bits per heavy atom. The van der Waals surface area contributed by atoms with E-state index in [0.717, 1.165) is 10.6 Å². The van der Waals surface area contributed by atoms with Crippen LogP contribution in [0.4, 0.5) is 5.13 Å². The lowest BCUT2D eigenvalue weighted by molar-refractivity contribution is -0.137. The molecular formula is C13H14N2O3S2. The molecule has 0 aliphatic carbocycles. The molecule has 1 amide bonds. The first-order chi connectivity index (χ1) is 9.63. The molecule has 0 saturated carbocycles. The van der Waals surface area contributed by atoms with Crippen LogP contribution in [0, 0.1) is 0 Å². The first-order valence-electron chi connectivity index (χ1n) is 6.12. The Bertz CT molecular complexity index is 578. The summed E-state index contributed by atoms with van der Waals surface area (Å²) in [5, 5.41) is 15.7. The molecule has 0 unspecified atom stereocenters. The number of carboxylic acids is 1. The molecule has 0 atom stereocenters. The molecule has 0 radical (unpaired) electrons. The van der Waals surface area contributed by atoms with E-state index in [1.54, 1.807) is 11.3 Å². The molecule has 0 spiro atoms. The predicted octanol–water partition coefficient (Wildman–Crippen LogP) is 2.79. The normalized spacial score (nSPS) is 10.4. The molecular weight excluding hydrogens is 296 g/mol. The van der Waals surface area contributed by atoms with E-state index in [4.69, 9.17) is 5.11 Å². The van der Waals surface area contributed by atoms with Gasteiger partial charge < -0.3 is 10.4 Å². The zero-order valence-electron chi connectivity index (χ0n) is 10.7. The summed E-state index contributed by atoms with van der Waals surface area (Å²) in [6, 6.07) is 3.83. The molecule has 2 rings (SSSR count). The zero-order chi connectivity index (χ0) is 14.4. The third-order valence-electron chi connectivity index (χ3n) is 2.54. The Kier molecular flexibility index (Phi) is 5.25.